The van der Waals surface area contributed by atoms with Gasteiger partial charge in [-0.25, -0.2) is 4.79 Å². The summed E-state index contributed by atoms with van der Waals surface area (Å²) in [5, 5.41) is 12.5. The molecule has 1 aliphatic carbocycles. The van der Waals surface area contributed by atoms with Crippen molar-refractivity contribution in [3.05, 3.63) is 108 Å². The van der Waals surface area contributed by atoms with Crippen LogP contribution in [0.1, 0.15) is 35.7 Å². The average molecular weight is 580 g/mol. The lowest BCUT2D eigenvalue weighted by molar-refractivity contribution is -0.132. The van der Waals surface area contributed by atoms with E-state index < -0.39 is 5.97 Å². The molecular weight excluding hydrogens is 546 g/mol. The van der Waals surface area contributed by atoms with Gasteiger partial charge in [0.25, 0.3) is 6.01 Å². The van der Waals surface area contributed by atoms with Crippen LogP contribution >= 0.6 is 0 Å². The minimum atomic E-state index is -0.996. The van der Waals surface area contributed by atoms with E-state index in [1.807, 2.05) is 65.6 Å². The molecule has 1 fully saturated rings. The third-order valence-corrected chi connectivity index (χ3v) is 7.78. The molecule has 1 saturated heterocycles. The largest absolute Gasteiger partial charge is 0.491 e. The summed E-state index contributed by atoms with van der Waals surface area (Å²) in [5.41, 5.74) is 3.40. The van der Waals surface area contributed by atoms with Crippen LogP contribution in [0.3, 0.4) is 0 Å². The number of aromatic nitrogens is 1. The Hall–Kier alpha value is -5.05. The number of carbonyl (C=O) groups excluding carboxylic acids is 1. The van der Waals surface area contributed by atoms with Crippen LogP contribution in [0.25, 0.3) is 11.1 Å². The van der Waals surface area contributed by atoms with Gasteiger partial charge in [0.1, 0.15) is 29.7 Å². The number of anilines is 1. The van der Waals surface area contributed by atoms with Gasteiger partial charge >= 0.3 is 5.97 Å². The molecule has 3 unspecified atom stereocenters. The molecule has 0 radical (unpaired) electrons. The maximum Gasteiger partial charge on any atom is 0.335 e. The number of fused-ring (bicyclic) bond motifs is 1. The number of amides is 1. The van der Waals surface area contributed by atoms with E-state index in [1.165, 1.54) is 12.1 Å². The maximum atomic E-state index is 13.7. The molecule has 1 aliphatic heterocycles. The van der Waals surface area contributed by atoms with Gasteiger partial charge in [-0.1, -0.05) is 43.3 Å². The smallest absolute Gasteiger partial charge is 0.335 e. The number of hydrogen-bond acceptors (Lipinski definition) is 7. The lowest BCUT2D eigenvalue weighted by Crippen LogP contribution is -2.40. The van der Waals surface area contributed by atoms with Crippen molar-refractivity contribution < 1.29 is 28.6 Å². The fourth-order valence-corrected chi connectivity index (χ4v) is 5.44. The van der Waals surface area contributed by atoms with Crippen LogP contribution in [0.2, 0.25) is 0 Å². The number of carboxylic acid groups (broad SMARTS) is 1. The van der Waals surface area contributed by atoms with E-state index >= 15 is 0 Å². The number of nitrogens with one attached hydrogen (secondary N) is 1. The minimum Gasteiger partial charge on any atom is -0.491 e. The van der Waals surface area contributed by atoms with E-state index in [9.17, 15) is 9.59 Å². The zero-order valence-corrected chi connectivity index (χ0v) is 23.8. The van der Waals surface area contributed by atoms with Crippen molar-refractivity contribution in [2.75, 3.05) is 18.5 Å². The number of hydrogen-bond donors (Lipinski definition) is 2. The summed E-state index contributed by atoms with van der Waals surface area (Å²) < 4.78 is 18.2. The van der Waals surface area contributed by atoms with Crippen molar-refractivity contribution >= 4 is 29.0 Å². The fourth-order valence-electron chi connectivity index (χ4n) is 5.44. The second-order valence-electron chi connectivity index (χ2n) is 10.9. The van der Waals surface area contributed by atoms with Gasteiger partial charge in [-0.2, -0.15) is 4.98 Å². The average Bonchev–Trinajstić information content (AvgIpc) is 3.61. The van der Waals surface area contributed by atoms with E-state index in [2.05, 4.69) is 23.3 Å². The fraction of sp³-hybridized carbons (Fsp3) is 0.265. The SMILES string of the molecule is CC1CC=CC=C1Nc1nc2ccc(CC(=O)N3CC(Oc4ccccc4)CC3COc3ccc(C(=O)O)cc3)cc2o1. The third kappa shape index (κ3) is 6.72. The first-order chi connectivity index (χ1) is 20.9. The summed E-state index contributed by atoms with van der Waals surface area (Å²) in [4.78, 5) is 31.2. The van der Waals surface area contributed by atoms with Gasteiger partial charge in [0.2, 0.25) is 5.91 Å². The zero-order valence-electron chi connectivity index (χ0n) is 23.8. The van der Waals surface area contributed by atoms with Crippen LogP contribution in [0.15, 0.2) is 101 Å². The van der Waals surface area contributed by atoms with E-state index in [4.69, 9.17) is 19.0 Å². The molecular formula is C34H33N3O6. The lowest BCUT2D eigenvalue weighted by atomic mass is 9.99. The van der Waals surface area contributed by atoms with Crippen LogP contribution < -0.4 is 14.8 Å². The third-order valence-electron chi connectivity index (χ3n) is 7.78. The molecule has 4 aromatic rings. The number of likely N-dealkylation sites (tertiary alicyclic amines) is 1. The Morgan fingerprint density at radius 1 is 1.07 bits per heavy atom. The standard InChI is InChI=1S/C34H33N3O6/c1-22-7-5-6-10-29(22)35-34-36-30-16-11-23(17-31(30)43-34)18-32(38)37-20-28(42-27-8-3-2-4-9-27)19-25(37)21-41-26-14-12-24(13-15-26)33(39)40/h2-6,8-17,22,25,28H,7,18-21H2,1H3,(H,35,36)(H,39,40). The van der Waals surface area contributed by atoms with Crippen LogP contribution in [-0.2, 0) is 11.2 Å². The first-order valence-corrected chi connectivity index (χ1v) is 14.4. The van der Waals surface area contributed by atoms with Crippen molar-refractivity contribution in [1.82, 2.24) is 9.88 Å². The zero-order chi connectivity index (χ0) is 29.8. The summed E-state index contributed by atoms with van der Waals surface area (Å²) in [6.07, 6.45) is 7.76. The number of carboxylic acids is 1. The highest BCUT2D eigenvalue weighted by atomic mass is 16.5. The van der Waals surface area contributed by atoms with E-state index in [1.54, 1.807) is 12.1 Å². The number of ether oxygens (including phenoxy) is 2. The number of benzene rings is 3. The quantitative estimate of drug-likeness (QED) is 0.232. The van der Waals surface area contributed by atoms with Crippen LogP contribution in [0.4, 0.5) is 6.01 Å². The predicted molar refractivity (Wildman–Crippen MR) is 162 cm³/mol. The first-order valence-electron chi connectivity index (χ1n) is 14.4. The Morgan fingerprint density at radius 2 is 1.88 bits per heavy atom. The van der Waals surface area contributed by atoms with Crippen molar-refractivity contribution in [2.45, 2.75) is 38.3 Å². The molecule has 6 rings (SSSR count). The highest BCUT2D eigenvalue weighted by molar-refractivity contribution is 5.87. The second-order valence-corrected chi connectivity index (χ2v) is 10.9. The molecule has 1 aromatic heterocycles. The number of allylic oxidation sites excluding steroid dienone is 4. The molecule has 3 aromatic carbocycles. The molecule has 1 amide bonds. The molecule has 2 aliphatic rings. The number of para-hydroxylation sites is 1. The van der Waals surface area contributed by atoms with Gasteiger partial charge in [0.15, 0.2) is 5.58 Å². The van der Waals surface area contributed by atoms with Gasteiger partial charge in [0.05, 0.1) is 24.6 Å². The monoisotopic (exact) mass is 579 g/mol. The van der Waals surface area contributed by atoms with Gasteiger partial charge in [-0.05, 0) is 72.5 Å². The maximum absolute atomic E-state index is 13.7. The molecule has 0 spiro atoms. The number of nitrogens with zero attached hydrogens (tertiary/aromatic N) is 2. The minimum absolute atomic E-state index is 0.0424. The number of aromatic carboxylic acids is 1. The summed E-state index contributed by atoms with van der Waals surface area (Å²) in [7, 11) is 0. The number of rotatable bonds is 10. The molecule has 2 N–H and O–H groups in total. The van der Waals surface area contributed by atoms with Gasteiger partial charge in [-0.3, -0.25) is 4.79 Å². The van der Waals surface area contributed by atoms with Crippen molar-refractivity contribution in [3.63, 3.8) is 0 Å². The summed E-state index contributed by atoms with van der Waals surface area (Å²) in [6.45, 7) is 2.84. The summed E-state index contributed by atoms with van der Waals surface area (Å²) in [5.74, 6) is 0.605. The van der Waals surface area contributed by atoms with Crippen LogP contribution in [0.5, 0.6) is 11.5 Å². The second kappa shape index (κ2) is 12.4. The molecule has 0 bridgehead atoms. The molecule has 3 atom stereocenters. The summed E-state index contributed by atoms with van der Waals surface area (Å²) >= 11 is 0. The highest BCUT2D eigenvalue weighted by Crippen LogP contribution is 2.28. The highest BCUT2D eigenvalue weighted by Gasteiger charge is 2.37. The van der Waals surface area contributed by atoms with Crippen molar-refractivity contribution in [2.24, 2.45) is 5.92 Å². The Balaban J connectivity index is 1.15. The number of oxazole rings is 1. The molecule has 220 valence electrons. The van der Waals surface area contributed by atoms with Crippen LogP contribution in [-0.4, -0.2) is 52.2 Å². The van der Waals surface area contributed by atoms with E-state index in [0.717, 1.165) is 28.9 Å². The molecule has 43 heavy (non-hydrogen) atoms. The first kappa shape index (κ1) is 28.1. The predicted octanol–water partition coefficient (Wildman–Crippen LogP) is 6.09. The van der Waals surface area contributed by atoms with Gasteiger partial charge in [0, 0.05) is 12.1 Å². The number of carbonyl (C=O) groups is 2. The summed E-state index contributed by atoms with van der Waals surface area (Å²) in [6, 6.07) is 21.7. The topological polar surface area (TPSA) is 114 Å². The Bertz CT molecular complexity index is 1660. The Morgan fingerprint density at radius 3 is 2.65 bits per heavy atom. The van der Waals surface area contributed by atoms with E-state index in [0.29, 0.717) is 36.2 Å². The molecule has 0 saturated carbocycles. The molecule has 2 heterocycles. The molecule has 9 nitrogen and oxygen atoms in total. The van der Waals surface area contributed by atoms with Crippen LogP contribution in [0, 0.1) is 5.92 Å². The normalized spacial score (nSPS) is 19.7. The van der Waals surface area contributed by atoms with Gasteiger partial charge in [-0.15, -0.1) is 0 Å². The van der Waals surface area contributed by atoms with E-state index in [-0.39, 0.29) is 36.6 Å². The van der Waals surface area contributed by atoms with Gasteiger partial charge < -0.3 is 29.2 Å². The lowest BCUT2D eigenvalue weighted by Gasteiger charge is -2.24. The Kier molecular flexibility index (Phi) is 8.13. The Labute approximate surface area is 249 Å². The molecule has 9 heteroatoms. The van der Waals surface area contributed by atoms with Crippen molar-refractivity contribution in [3.8, 4) is 11.5 Å². The van der Waals surface area contributed by atoms with Crippen molar-refractivity contribution in [1.29, 1.82) is 0 Å².